The van der Waals surface area contributed by atoms with Crippen LogP contribution in [0, 0.1) is 59.2 Å². The molecular weight excluding hydrogens is 1260 g/mol. The molecule has 1 aromatic carbocycles. The number of phosphoric acid groups is 1. The second-order valence-electron chi connectivity index (χ2n) is 27.0. The fourth-order valence-corrected chi connectivity index (χ4v) is 16.4. The van der Waals surface area contributed by atoms with Crippen molar-refractivity contribution in [1.29, 1.82) is 0 Å². The van der Waals surface area contributed by atoms with E-state index >= 15 is 0 Å². The van der Waals surface area contributed by atoms with Crippen LogP contribution in [0.3, 0.4) is 0 Å². The number of benzene rings is 1. The molecule has 1 aromatic heterocycles. The molecule has 2 fully saturated rings. The van der Waals surface area contributed by atoms with Gasteiger partial charge in [0.05, 0.1) is 41.3 Å². The van der Waals surface area contributed by atoms with Crippen molar-refractivity contribution in [3.05, 3.63) is 69.2 Å². The SMILES string of the molecule is C/C1=C2/[N-]C([C@H](CC(N)=O)[C@@]2(C)CCC(=O)NC[C@H](C)OP(=O)([O-])OC2C(CO)OC(n3cnc4cc(C)c(C)cc43)C2O)[C@]2(C)N=C(/C(C)=C3N=C(/C=C4N=C1[C@@H](CCC(N)=O)C\4(C)C)[C@@H](CCC(N)=O)[C@]\3(C)CC(N)=O)[C@@H](CCC(N)=O)[C@]2(C)CC(N)=O.O.[Co+2]. The van der Waals surface area contributed by atoms with Crippen LogP contribution in [0.1, 0.15) is 150 Å². The van der Waals surface area contributed by atoms with Gasteiger partial charge in [-0.05, 0) is 119 Å². The molecular formula is C62H90CoN13O15P. The van der Waals surface area contributed by atoms with E-state index in [9.17, 15) is 53.2 Å². The Bertz CT molecular complexity index is 3550. The monoisotopic (exact) mass is 1350 g/mol. The number of hydrogen-bond acceptors (Lipinski definition) is 18. The standard InChI is InChI=1S/C62H90N13O14P.Co.H2O/c1-29-20-39-40(21-30(29)2)75(28-70-39)57-52(84)53(41(27-76)87-57)89-90(85,86)88-31(3)26-69-49(83)18-19-59(8)37(22-46(66)80)56-62(11)61(10,25-48(68)82)36(14-17-45(65)79)51(74-62)33(5)55-60(9,24-47(67)81)34(12-15-43(63)77)38(71-55)23-42-58(6,7)35(13-16-44(64)78)50(72-42)32(4)54(59)73-56;;/h20-21,23,28,31,34-37,41,52-53,56-57,76,84H,12-19,22,24-27H2,1-11H3,(H15,63,64,65,66,67,68,69,71,72,73,74,77,78,79,80,81,82,83,85,86);;1H2/q;+2;/p-2/t31-,34+,35+,36+,37-,41?,52?,53?,56?,57?,59+,60-,61-,62-;;/m0../s1. The largest absolute Gasteiger partial charge is 2.00 e. The third-order valence-corrected chi connectivity index (χ3v) is 21.6. The van der Waals surface area contributed by atoms with Gasteiger partial charge in [0.25, 0.3) is 7.82 Å². The molecule has 0 saturated carbocycles. The molecule has 6 aliphatic rings. The molecule has 2 saturated heterocycles. The first-order valence-electron chi connectivity index (χ1n) is 30.5. The van der Waals surface area contributed by atoms with Crippen molar-refractivity contribution in [3.63, 3.8) is 0 Å². The van der Waals surface area contributed by atoms with Gasteiger partial charge in [-0.3, -0.25) is 53.1 Å². The summed E-state index contributed by atoms with van der Waals surface area (Å²) in [6, 6.07) is 2.65. The van der Waals surface area contributed by atoms with Gasteiger partial charge in [-0.2, -0.15) is 5.70 Å². The number of phosphoric ester groups is 1. The summed E-state index contributed by atoms with van der Waals surface area (Å²) in [6.07, 6.45) is -4.79. The second kappa shape index (κ2) is 27.8. The first-order chi connectivity index (χ1) is 41.8. The topological polar surface area (TPSA) is 496 Å². The van der Waals surface area contributed by atoms with Crippen LogP contribution < -0.4 is 44.6 Å². The number of amides is 7. The summed E-state index contributed by atoms with van der Waals surface area (Å²) in [5, 5.41) is 30.1. The first kappa shape index (κ1) is 74.5. The number of rotatable bonds is 26. The number of fused-ring (bicyclic) bond motifs is 7. The van der Waals surface area contributed by atoms with Gasteiger partial charge in [0.1, 0.15) is 18.3 Å². The number of aryl methyl sites for hydroxylation is 2. The minimum absolute atomic E-state index is 0. The predicted octanol–water partition coefficient (Wildman–Crippen LogP) is 2.49. The minimum Gasteiger partial charge on any atom is -0.756 e. The van der Waals surface area contributed by atoms with Crippen LogP contribution >= 0.6 is 7.82 Å². The molecule has 7 amide bonds. The molecule has 6 unspecified atom stereocenters. The zero-order valence-electron chi connectivity index (χ0n) is 54.0. The molecule has 6 aliphatic heterocycles. The minimum atomic E-state index is -5.32. The fraction of sp³-hybridized carbons (Fsp3) is 0.629. The van der Waals surface area contributed by atoms with Crippen molar-refractivity contribution in [2.45, 2.75) is 189 Å². The molecule has 0 aliphatic carbocycles. The first-order valence-corrected chi connectivity index (χ1v) is 32.0. The normalized spacial score (nSPS) is 33.5. The molecule has 7 heterocycles. The Hall–Kier alpha value is -6.53. The third-order valence-electron chi connectivity index (χ3n) is 20.5. The van der Waals surface area contributed by atoms with Gasteiger partial charge in [-0.1, -0.05) is 40.7 Å². The molecule has 30 heteroatoms. The summed E-state index contributed by atoms with van der Waals surface area (Å²) in [5.74, 6) is -7.40. The van der Waals surface area contributed by atoms with Crippen molar-refractivity contribution in [3.8, 4) is 0 Å². The van der Waals surface area contributed by atoms with Gasteiger partial charge in [0.15, 0.2) is 6.23 Å². The number of ether oxygens (including phenoxy) is 1. The zero-order chi connectivity index (χ0) is 66.7. The van der Waals surface area contributed by atoms with E-state index in [4.69, 9.17) is 68.5 Å². The number of imidazole rings is 1. The molecule has 15 atom stereocenters. The van der Waals surface area contributed by atoms with E-state index in [0.717, 1.165) is 11.1 Å². The summed E-state index contributed by atoms with van der Waals surface area (Å²) < 4.78 is 31.9. The molecule has 2 aromatic rings. The summed E-state index contributed by atoms with van der Waals surface area (Å²) in [4.78, 5) is 128. The quantitative estimate of drug-likeness (QED) is 0.0611. The van der Waals surface area contributed by atoms with Crippen LogP contribution in [0.5, 0.6) is 0 Å². The van der Waals surface area contributed by atoms with Crippen molar-refractivity contribution in [2.24, 2.45) is 94.7 Å². The van der Waals surface area contributed by atoms with E-state index < -0.39 is 143 Å². The van der Waals surface area contributed by atoms with Crippen LogP contribution in [-0.4, -0.2) is 133 Å². The van der Waals surface area contributed by atoms with Crippen molar-refractivity contribution in [1.82, 2.24) is 14.9 Å². The van der Waals surface area contributed by atoms with Crippen molar-refractivity contribution < 1.29 is 89.3 Å². The van der Waals surface area contributed by atoms with Crippen LogP contribution in [0.4, 0.5) is 0 Å². The molecule has 8 rings (SSSR count). The molecule has 8 bridgehead atoms. The number of aliphatic imine (C=N–C) groups is 3. The summed E-state index contributed by atoms with van der Waals surface area (Å²) in [5.41, 5.74) is 36.7. The smallest absolute Gasteiger partial charge is 0.756 e. The van der Waals surface area contributed by atoms with E-state index in [0.29, 0.717) is 56.4 Å². The van der Waals surface area contributed by atoms with Gasteiger partial charge in [-0.25, -0.2) is 4.98 Å². The second-order valence-corrected chi connectivity index (χ2v) is 28.3. The zero-order valence-corrected chi connectivity index (χ0v) is 55.9. The summed E-state index contributed by atoms with van der Waals surface area (Å²) in [6.45, 7) is 19.0. The average Bonchev–Trinajstić information content (AvgIpc) is 1.53. The van der Waals surface area contributed by atoms with Gasteiger partial charge >= 0.3 is 16.8 Å². The Labute approximate surface area is 545 Å². The molecule has 28 nitrogen and oxygen atoms in total. The van der Waals surface area contributed by atoms with E-state index in [-0.39, 0.29) is 99.4 Å². The third kappa shape index (κ3) is 14.1. The number of allylic oxidation sites excluding steroid dienone is 6. The van der Waals surface area contributed by atoms with E-state index in [1.165, 1.54) is 17.8 Å². The number of primary amides is 6. The Balaban J connectivity index is 0.00000672. The van der Waals surface area contributed by atoms with Crippen molar-refractivity contribution >= 4 is 77.3 Å². The van der Waals surface area contributed by atoms with Gasteiger partial charge in [0, 0.05) is 108 Å². The Morgan fingerprint density at radius 1 is 0.793 bits per heavy atom. The number of nitrogens with one attached hydrogen (secondary N) is 1. The molecule has 0 spiro atoms. The number of aliphatic hydroxyl groups is 2. The summed E-state index contributed by atoms with van der Waals surface area (Å²) >= 11 is 0. The van der Waals surface area contributed by atoms with Crippen LogP contribution in [0.15, 0.2) is 67.8 Å². The predicted molar refractivity (Wildman–Crippen MR) is 335 cm³/mol. The molecule has 92 heavy (non-hydrogen) atoms. The van der Waals surface area contributed by atoms with Crippen LogP contribution in [-0.2, 0) is 68.7 Å². The van der Waals surface area contributed by atoms with Gasteiger partial charge in [0.2, 0.25) is 41.4 Å². The summed E-state index contributed by atoms with van der Waals surface area (Å²) in [7, 11) is -5.32. The Kier molecular flexibility index (Phi) is 22.5. The van der Waals surface area contributed by atoms with Crippen LogP contribution in [0.2, 0.25) is 0 Å². The van der Waals surface area contributed by atoms with Gasteiger partial charge < -0.3 is 84.0 Å². The molecule has 507 valence electrons. The fourth-order valence-electron chi connectivity index (χ4n) is 15.3. The number of carbonyl (C=O) groups is 7. The Morgan fingerprint density at radius 3 is 1.96 bits per heavy atom. The average molecular weight is 1350 g/mol. The van der Waals surface area contributed by atoms with Gasteiger partial charge in [-0.15, -0.1) is 0 Å². The Morgan fingerprint density at radius 2 is 1.38 bits per heavy atom. The number of aromatic nitrogens is 2. The maximum absolute atomic E-state index is 14.4. The maximum atomic E-state index is 14.4. The number of nitrogens with zero attached hydrogens (tertiary/aromatic N) is 6. The number of carbonyl (C=O) groups excluding carboxylic acids is 7. The van der Waals surface area contributed by atoms with Crippen molar-refractivity contribution in [2.75, 3.05) is 13.2 Å². The van der Waals surface area contributed by atoms with E-state index in [1.54, 1.807) is 6.92 Å². The van der Waals surface area contributed by atoms with E-state index in [1.807, 2.05) is 80.5 Å². The number of nitrogens with two attached hydrogens (primary N) is 6. The number of aliphatic hydroxyl groups excluding tert-OH is 2. The molecule has 1 radical (unpaired) electrons. The number of hydrogen-bond donors (Lipinski definition) is 9. The molecule has 17 N–H and O–H groups in total. The van der Waals surface area contributed by atoms with E-state index in [2.05, 4.69) is 10.3 Å². The van der Waals surface area contributed by atoms with Crippen LogP contribution in [0.25, 0.3) is 16.4 Å². The maximum Gasteiger partial charge on any atom is 2.00 e.